The van der Waals surface area contributed by atoms with Crippen molar-refractivity contribution in [2.45, 2.75) is 90.6 Å². The lowest BCUT2D eigenvalue weighted by Crippen LogP contribution is -2.41. The van der Waals surface area contributed by atoms with Crippen LogP contribution in [0.25, 0.3) is 10.9 Å². The topological polar surface area (TPSA) is 73.6 Å². The molecule has 0 amide bonds. The average molecular weight is 398 g/mol. The van der Waals surface area contributed by atoms with Crippen molar-refractivity contribution in [3.05, 3.63) is 33.9 Å². The molecule has 29 heavy (non-hydrogen) atoms. The molecule has 156 valence electrons. The van der Waals surface area contributed by atoms with Gasteiger partial charge in [0.25, 0.3) is 5.56 Å². The van der Waals surface area contributed by atoms with Crippen LogP contribution in [0.15, 0.2) is 17.2 Å². The van der Waals surface area contributed by atoms with Crippen molar-refractivity contribution in [2.24, 2.45) is 0 Å². The number of rotatable bonds is 2. The van der Waals surface area contributed by atoms with E-state index in [-0.39, 0.29) is 11.6 Å². The summed E-state index contributed by atoms with van der Waals surface area (Å²) in [5.41, 5.74) is 2.55. The Morgan fingerprint density at radius 3 is 2.34 bits per heavy atom. The van der Waals surface area contributed by atoms with Crippen LogP contribution in [0.4, 0.5) is 0 Å². The molecule has 1 saturated carbocycles. The van der Waals surface area contributed by atoms with Crippen LogP contribution in [0.1, 0.15) is 70.5 Å². The maximum Gasteiger partial charge on any atom is 0.495 e. The minimum absolute atomic E-state index is 0.109. The Balaban J connectivity index is 1.85. The Kier molecular flexibility index (Phi) is 4.92. The van der Waals surface area contributed by atoms with E-state index < -0.39 is 24.4 Å². The highest BCUT2D eigenvalue weighted by Crippen LogP contribution is 2.37. The van der Waals surface area contributed by atoms with Crippen LogP contribution in [-0.2, 0) is 9.31 Å². The Morgan fingerprint density at radius 2 is 1.72 bits per heavy atom. The van der Waals surface area contributed by atoms with Gasteiger partial charge >= 0.3 is 7.12 Å². The standard InChI is InChI=1S/C22H31BN2O4/c1-13-14(2)19-15(11-16(13)23-28-21(3,4)22(5,6)29-23)20(27)25(12-24-19)17-9-7-8-10-18(17)26/h11-12,17-18,26H,7-10H2,1-6H3. The molecule has 0 spiro atoms. The highest BCUT2D eigenvalue weighted by atomic mass is 16.7. The Hall–Kier alpha value is -1.70. The lowest BCUT2D eigenvalue weighted by molar-refractivity contribution is 0.00578. The lowest BCUT2D eigenvalue weighted by atomic mass is 9.74. The van der Waals surface area contributed by atoms with Crippen molar-refractivity contribution in [1.29, 1.82) is 0 Å². The summed E-state index contributed by atoms with van der Waals surface area (Å²) in [5, 5.41) is 11.0. The lowest BCUT2D eigenvalue weighted by Gasteiger charge is -2.32. The molecule has 1 aliphatic heterocycles. The number of aromatic nitrogens is 2. The maximum atomic E-state index is 13.4. The second kappa shape index (κ2) is 6.93. The van der Waals surface area contributed by atoms with Gasteiger partial charge in [-0.25, -0.2) is 4.98 Å². The zero-order valence-electron chi connectivity index (χ0n) is 18.3. The van der Waals surface area contributed by atoms with Crippen molar-refractivity contribution in [3.8, 4) is 0 Å². The molecule has 4 rings (SSSR count). The summed E-state index contributed by atoms with van der Waals surface area (Å²) in [6.07, 6.45) is 4.63. The fourth-order valence-corrected chi connectivity index (χ4v) is 4.44. The number of benzene rings is 1. The van der Waals surface area contributed by atoms with Gasteiger partial charge in [0.05, 0.1) is 40.6 Å². The van der Waals surface area contributed by atoms with Crippen LogP contribution in [0, 0.1) is 13.8 Å². The summed E-state index contributed by atoms with van der Waals surface area (Å²) in [4.78, 5) is 18.0. The van der Waals surface area contributed by atoms with Crippen LogP contribution in [-0.4, -0.2) is 39.1 Å². The zero-order chi connectivity index (χ0) is 21.1. The SMILES string of the molecule is Cc1c(B2OC(C)(C)C(C)(C)O2)cc2c(=O)n(C3CCCCC3O)cnc2c1C. The third-order valence-electron chi connectivity index (χ3n) is 7.24. The average Bonchev–Trinajstić information content (AvgIpc) is 2.86. The van der Waals surface area contributed by atoms with E-state index in [1.165, 1.54) is 0 Å². The number of aryl methyl sites for hydroxylation is 1. The van der Waals surface area contributed by atoms with E-state index >= 15 is 0 Å². The molecule has 0 bridgehead atoms. The van der Waals surface area contributed by atoms with Crippen LogP contribution in [0.5, 0.6) is 0 Å². The summed E-state index contributed by atoms with van der Waals surface area (Å²) in [6.45, 7) is 12.1. The van der Waals surface area contributed by atoms with Gasteiger partial charge in [0, 0.05) is 0 Å². The van der Waals surface area contributed by atoms with E-state index in [1.807, 2.05) is 47.6 Å². The summed E-state index contributed by atoms with van der Waals surface area (Å²) < 4.78 is 14.1. The molecule has 2 aromatic rings. The van der Waals surface area contributed by atoms with E-state index in [1.54, 1.807) is 10.9 Å². The first-order valence-corrected chi connectivity index (χ1v) is 10.6. The van der Waals surface area contributed by atoms with Gasteiger partial charge in [-0.05, 0) is 77.0 Å². The summed E-state index contributed by atoms with van der Waals surface area (Å²) in [6, 6.07) is 1.66. The minimum atomic E-state index is -0.531. The highest BCUT2D eigenvalue weighted by Gasteiger charge is 2.52. The second-order valence-corrected chi connectivity index (χ2v) is 9.58. The maximum absolute atomic E-state index is 13.4. The molecule has 2 aliphatic rings. The highest BCUT2D eigenvalue weighted by molar-refractivity contribution is 6.63. The molecule has 1 aliphatic carbocycles. The minimum Gasteiger partial charge on any atom is -0.399 e. The van der Waals surface area contributed by atoms with Gasteiger partial charge in [-0.1, -0.05) is 12.8 Å². The first-order valence-electron chi connectivity index (χ1n) is 10.6. The number of hydrogen-bond donors (Lipinski definition) is 1. The molecule has 6 nitrogen and oxygen atoms in total. The number of aliphatic hydroxyl groups is 1. The van der Waals surface area contributed by atoms with E-state index in [2.05, 4.69) is 4.98 Å². The van der Waals surface area contributed by atoms with Gasteiger partial charge in [0.15, 0.2) is 0 Å². The largest absolute Gasteiger partial charge is 0.495 e. The molecule has 1 N–H and O–H groups in total. The summed E-state index contributed by atoms with van der Waals surface area (Å²) >= 11 is 0. The zero-order valence-corrected chi connectivity index (χ0v) is 18.3. The molecular weight excluding hydrogens is 367 g/mol. The van der Waals surface area contributed by atoms with Crippen molar-refractivity contribution in [2.75, 3.05) is 0 Å². The fourth-order valence-electron chi connectivity index (χ4n) is 4.44. The molecule has 2 heterocycles. The smallest absolute Gasteiger partial charge is 0.399 e. The molecule has 0 radical (unpaired) electrons. The number of nitrogens with zero attached hydrogens (tertiary/aromatic N) is 2. The third kappa shape index (κ3) is 3.24. The van der Waals surface area contributed by atoms with Crippen molar-refractivity contribution in [3.63, 3.8) is 0 Å². The molecule has 1 aromatic heterocycles. The normalized spacial score (nSPS) is 26.2. The van der Waals surface area contributed by atoms with E-state index in [0.29, 0.717) is 10.9 Å². The van der Waals surface area contributed by atoms with Crippen LogP contribution >= 0.6 is 0 Å². The quantitative estimate of drug-likeness (QED) is 0.788. The summed E-state index contributed by atoms with van der Waals surface area (Å²) in [5.74, 6) is 0. The second-order valence-electron chi connectivity index (χ2n) is 9.58. The van der Waals surface area contributed by atoms with Crippen LogP contribution in [0.2, 0.25) is 0 Å². The summed E-state index contributed by atoms with van der Waals surface area (Å²) in [7, 11) is -0.531. The molecule has 7 heteroatoms. The Bertz CT molecular complexity index is 998. The first-order chi connectivity index (χ1) is 13.5. The Labute approximate surface area is 172 Å². The van der Waals surface area contributed by atoms with Crippen molar-refractivity contribution < 1.29 is 14.4 Å². The van der Waals surface area contributed by atoms with Gasteiger partial charge in [-0.15, -0.1) is 0 Å². The number of fused-ring (bicyclic) bond motifs is 1. The molecule has 2 unspecified atom stereocenters. The fraction of sp³-hybridized carbons (Fsp3) is 0.636. The van der Waals surface area contributed by atoms with E-state index in [4.69, 9.17) is 9.31 Å². The molecule has 2 fully saturated rings. The van der Waals surface area contributed by atoms with Crippen molar-refractivity contribution >= 4 is 23.5 Å². The predicted molar refractivity (Wildman–Crippen MR) is 115 cm³/mol. The number of aliphatic hydroxyl groups excluding tert-OH is 1. The van der Waals surface area contributed by atoms with Gasteiger partial charge in [-0.3, -0.25) is 9.36 Å². The third-order valence-corrected chi connectivity index (χ3v) is 7.24. The predicted octanol–water partition coefficient (Wildman–Crippen LogP) is 2.79. The van der Waals surface area contributed by atoms with Crippen molar-refractivity contribution in [1.82, 2.24) is 9.55 Å². The van der Waals surface area contributed by atoms with Gasteiger partial charge in [0.1, 0.15) is 0 Å². The number of hydrogen-bond acceptors (Lipinski definition) is 5. The first kappa shape index (κ1) is 20.6. The van der Waals surface area contributed by atoms with E-state index in [9.17, 15) is 9.90 Å². The molecule has 2 atom stereocenters. The monoisotopic (exact) mass is 398 g/mol. The molecule has 1 aromatic carbocycles. The van der Waals surface area contributed by atoms with E-state index in [0.717, 1.165) is 42.3 Å². The van der Waals surface area contributed by atoms with Gasteiger partial charge in [-0.2, -0.15) is 0 Å². The van der Waals surface area contributed by atoms with Crippen LogP contribution < -0.4 is 11.0 Å². The Morgan fingerprint density at radius 1 is 1.10 bits per heavy atom. The van der Waals surface area contributed by atoms with Gasteiger partial charge < -0.3 is 14.4 Å². The van der Waals surface area contributed by atoms with Crippen LogP contribution in [0.3, 0.4) is 0 Å². The molecular formula is C22H31BN2O4. The van der Waals surface area contributed by atoms with Gasteiger partial charge in [0.2, 0.25) is 0 Å². The molecule has 1 saturated heterocycles.